The average molecular weight is 475 g/mol. The summed E-state index contributed by atoms with van der Waals surface area (Å²) in [5.41, 5.74) is 9.36. The van der Waals surface area contributed by atoms with Gasteiger partial charge in [0.2, 0.25) is 0 Å². The molecular formula is C20H42N4O5Si2. The molecule has 1 amide bonds. The third-order valence-corrected chi connectivity index (χ3v) is 15.9. The lowest BCUT2D eigenvalue weighted by Crippen LogP contribution is -2.63. The van der Waals surface area contributed by atoms with E-state index in [9.17, 15) is 10.3 Å². The highest BCUT2D eigenvalue weighted by atomic mass is 28.4. The van der Waals surface area contributed by atoms with E-state index in [4.69, 9.17) is 18.4 Å². The second-order valence-corrected chi connectivity index (χ2v) is 20.7. The van der Waals surface area contributed by atoms with E-state index in [-0.39, 0.29) is 22.6 Å². The Kier molecular flexibility index (Phi) is 8.97. The Morgan fingerprint density at radius 1 is 1.06 bits per heavy atom. The van der Waals surface area contributed by atoms with Crippen molar-refractivity contribution >= 4 is 22.5 Å². The van der Waals surface area contributed by atoms with Gasteiger partial charge in [-0.15, -0.1) is 0 Å². The van der Waals surface area contributed by atoms with E-state index < -0.39 is 41.0 Å². The van der Waals surface area contributed by atoms with E-state index in [2.05, 4.69) is 77.8 Å². The van der Waals surface area contributed by atoms with Crippen molar-refractivity contribution in [3.8, 4) is 0 Å². The fraction of sp³-hybridized carbons (Fsp3) is 0.950. The predicted octanol–water partition coefficient (Wildman–Crippen LogP) is 4.86. The molecule has 0 aromatic heterocycles. The van der Waals surface area contributed by atoms with Crippen LogP contribution in [0, 0.1) is 0 Å². The Bertz CT molecular complexity index is 684. The fourth-order valence-corrected chi connectivity index (χ4v) is 5.39. The van der Waals surface area contributed by atoms with Gasteiger partial charge in [0.15, 0.2) is 22.7 Å². The highest BCUT2D eigenvalue weighted by Crippen LogP contribution is 2.42. The van der Waals surface area contributed by atoms with Crippen LogP contribution in [0.3, 0.4) is 0 Å². The molecule has 1 heterocycles. The van der Waals surface area contributed by atoms with Crippen LogP contribution in [0.25, 0.3) is 10.4 Å². The number of nitrogens with zero attached hydrogens (tertiary/aromatic N) is 4. The van der Waals surface area contributed by atoms with Gasteiger partial charge in [-0.1, -0.05) is 46.7 Å². The number of carbonyl (C=O) groups excluding carboxylic acids is 1. The Morgan fingerprint density at radius 2 is 1.55 bits per heavy atom. The summed E-state index contributed by atoms with van der Waals surface area (Å²) < 4.78 is 19.3. The lowest BCUT2D eigenvalue weighted by atomic mass is 9.97. The monoisotopic (exact) mass is 474 g/mol. The summed E-state index contributed by atoms with van der Waals surface area (Å²) in [6, 6.07) is -0.693. The summed E-state index contributed by atoms with van der Waals surface area (Å²) in [5.74, 6) is -0.380. The molecule has 0 N–H and O–H groups in total. The number of amides is 1. The van der Waals surface area contributed by atoms with Gasteiger partial charge in [-0.2, -0.15) is 0 Å². The van der Waals surface area contributed by atoms with E-state index in [0.29, 0.717) is 0 Å². The normalized spacial score (nSPS) is 25.7. The third kappa shape index (κ3) is 6.53. The molecule has 0 aliphatic carbocycles. The molecule has 4 atom stereocenters. The molecule has 0 bridgehead atoms. The molecular weight excluding hydrogens is 432 g/mol. The molecule has 0 unspecified atom stereocenters. The number of carbonyl (C=O) groups is 1. The maximum absolute atomic E-state index is 13.0. The number of ether oxygens (including phenoxy) is 1. The van der Waals surface area contributed by atoms with Crippen LogP contribution in [0.5, 0.6) is 0 Å². The molecule has 1 saturated heterocycles. The molecule has 11 heteroatoms. The highest BCUT2D eigenvalue weighted by Gasteiger charge is 2.52. The van der Waals surface area contributed by atoms with Gasteiger partial charge in [0, 0.05) is 12.0 Å². The first-order valence-corrected chi connectivity index (χ1v) is 16.5. The maximum Gasteiger partial charge on any atom is 0.277 e. The van der Waals surface area contributed by atoms with Crippen LogP contribution >= 0.6 is 0 Å². The predicted molar refractivity (Wildman–Crippen MR) is 127 cm³/mol. The van der Waals surface area contributed by atoms with Gasteiger partial charge in [0.25, 0.3) is 5.91 Å². The molecule has 1 aliphatic rings. The first kappa shape index (κ1) is 28.1. The van der Waals surface area contributed by atoms with Crippen molar-refractivity contribution in [3.63, 3.8) is 0 Å². The van der Waals surface area contributed by atoms with Gasteiger partial charge in [0.05, 0.1) is 32.0 Å². The van der Waals surface area contributed by atoms with Crippen molar-refractivity contribution in [1.82, 2.24) is 5.06 Å². The number of hydroxylamine groups is 2. The van der Waals surface area contributed by atoms with Crippen LogP contribution < -0.4 is 0 Å². The quantitative estimate of drug-likeness (QED) is 0.172. The summed E-state index contributed by atoms with van der Waals surface area (Å²) in [6.45, 7) is 21.4. The van der Waals surface area contributed by atoms with Crippen molar-refractivity contribution in [2.24, 2.45) is 5.11 Å². The molecule has 180 valence electrons. The zero-order chi connectivity index (χ0) is 24.4. The van der Waals surface area contributed by atoms with Gasteiger partial charge in [-0.25, -0.2) is 5.06 Å². The Hall–Kier alpha value is -0.946. The molecule has 1 aliphatic heterocycles. The fourth-order valence-electron chi connectivity index (χ4n) is 2.77. The van der Waals surface area contributed by atoms with Gasteiger partial charge >= 0.3 is 0 Å². The van der Waals surface area contributed by atoms with Crippen molar-refractivity contribution < 1.29 is 23.2 Å². The Balaban J connectivity index is 3.43. The summed E-state index contributed by atoms with van der Waals surface area (Å²) >= 11 is 0. The molecule has 0 spiro atoms. The van der Waals surface area contributed by atoms with Crippen LogP contribution in [0.15, 0.2) is 5.11 Å². The molecule has 31 heavy (non-hydrogen) atoms. The number of hydrogen-bond acceptors (Lipinski definition) is 6. The lowest BCUT2D eigenvalue weighted by Gasteiger charge is -2.49. The molecule has 0 aromatic rings. The molecule has 9 nitrogen and oxygen atoms in total. The first-order chi connectivity index (χ1) is 13.9. The van der Waals surface area contributed by atoms with E-state index in [1.807, 2.05) is 0 Å². The van der Waals surface area contributed by atoms with Crippen LogP contribution in [0.4, 0.5) is 0 Å². The smallest absolute Gasteiger partial charge is 0.277 e. The molecule has 1 fully saturated rings. The molecule has 0 radical (unpaired) electrons. The van der Waals surface area contributed by atoms with E-state index in [1.165, 1.54) is 14.2 Å². The first-order valence-electron chi connectivity index (χ1n) is 10.7. The molecule has 1 rings (SSSR count). The van der Waals surface area contributed by atoms with E-state index in [0.717, 1.165) is 5.06 Å². The van der Waals surface area contributed by atoms with Gasteiger partial charge in [0.1, 0.15) is 0 Å². The lowest BCUT2D eigenvalue weighted by molar-refractivity contribution is -0.198. The van der Waals surface area contributed by atoms with Gasteiger partial charge in [-0.05, 0) is 41.8 Å². The average Bonchev–Trinajstić information content (AvgIpc) is 2.60. The van der Waals surface area contributed by atoms with E-state index in [1.54, 1.807) is 0 Å². The minimum atomic E-state index is -2.34. The second kappa shape index (κ2) is 9.90. The van der Waals surface area contributed by atoms with Gasteiger partial charge < -0.3 is 13.6 Å². The molecule has 0 saturated carbocycles. The Morgan fingerprint density at radius 3 is 1.97 bits per heavy atom. The zero-order valence-corrected chi connectivity index (χ0v) is 23.3. The van der Waals surface area contributed by atoms with Crippen molar-refractivity contribution in [2.45, 2.75) is 102 Å². The minimum absolute atomic E-state index is 0.0351. The zero-order valence-electron chi connectivity index (χ0n) is 21.3. The van der Waals surface area contributed by atoms with E-state index >= 15 is 0 Å². The largest absolute Gasteiger partial charge is 0.411 e. The third-order valence-electron chi connectivity index (χ3n) is 6.96. The summed E-state index contributed by atoms with van der Waals surface area (Å²) in [4.78, 5) is 21.2. The van der Waals surface area contributed by atoms with Crippen LogP contribution in [-0.2, 0) is 23.2 Å². The van der Waals surface area contributed by atoms with Crippen LogP contribution in [0.2, 0.25) is 36.3 Å². The number of rotatable bonds is 7. The second-order valence-electron chi connectivity index (χ2n) is 11.2. The Labute approximate surface area is 189 Å². The number of azide groups is 1. The number of hydrogen-bond donors (Lipinski definition) is 0. The minimum Gasteiger partial charge on any atom is -0.411 e. The van der Waals surface area contributed by atoms with Gasteiger partial charge in [-0.3, -0.25) is 9.63 Å². The summed E-state index contributed by atoms with van der Waals surface area (Å²) in [7, 11) is -1.59. The van der Waals surface area contributed by atoms with Crippen molar-refractivity contribution in [3.05, 3.63) is 10.4 Å². The maximum atomic E-state index is 13.0. The standard InChI is InChI=1S/C20H42N4O5Si2/c1-19(2,3)30(9,10)28-14-13-27-17(18(25)24(7)26-8)16(15(14)22-23-21)29-31(11,12)20(4,5)6/h14-17H,13H2,1-12H3/t14-,15-,16-,17-/m1/s1. The topological polar surface area (TPSA) is 106 Å². The van der Waals surface area contributed by atoms with Crippen molar-refractivity contribution in [2.75, 3.05) is 20.8 Å². The number of likely N-dealkylation sites (N-methyl/N-ethyl adjacent to an activating group) is 1. The SMILES string of the molecule is CON(C)C(=O)[C@@H]1OC[C@@H](O[Si](C)(C)C(C)(C)C)[C@@H](N=[N+]=[N-])[C@H]1O[Si](C)(C)C(C)(C)C. The highest BCUT2D eigenvalue weighted by molar-refractivity contribution is 6.74. The molecule has 0 aromatic carbocycles. The van der Waals surface area contributed by atoms with Crippen molar-refractivity contribution in [1.29, 1.82) is 0 Å². The van der Waals surface area contributed by atoms with Crippen LogP contribution in [-0.4, -0.2) is 72.7 Å². The summed E-state index contributed by atoms with van der Waals surface area (Å²) in [5, 5.41) is 5.06. The van der Waals surface area contributed by atoms with Crippen LogP contribution in [0.1, 0.15) is 41.5 Å². The summed E-state index contributed by atoms with van der Waals surface area (Å²) in [6.07, 6.45) is -2.22.